The Hall–Kier alpha value is -1.54. The molecule has 1 N–H and O–H groups in total. The van der Waals surface area contributed by atoms with Gasteiger partial charge in [-0.3, -0.25) is 4.79 Å². The smallest absolute Gasteiger partial charge is 0.230 e. The van der Waals surface area contributed by atoms with Crippen LogP contribution in [0.15, 0.2) is 9.15 Å². The van der Waals surface area contributed by atoms with Crippen LogP contribution in [0.2, 0.25) is 0 Å². The maximum absolute atomic E-state index is 12.8. The molecule has 0 fully saturated rings. The molecule has 1 aromatic carbocycles. The number of aliphatic hydroxyl groups is 1. The maximum Gasteiger partial charge on any atom is 0.230 e. The van der Waals surface area contributed by atoms with Crippen molar-refractivity contribution in [1.29, 1.82) is 0 Å². The van der Waals surface area contributed by atoms with Gasteiger partial charge in [-0.1, -0.05) is 6.92 Å². The van der Waals surface area contributed by atoms with Gasteiger partial charge in [0.05, 0.1) is 14.7 Å². The number of benzene rings is 1. The molecule has 0 aromatic heterocycles. The Labute approximate surface area is 159 Å². The van der Waals surface area contributed by atoms with Crippen LogP contribution in [0, 0.1) is 0 Å². The second-order valence-corrected chi connectivity index (χ2v) is 7.80. The standard InChI is InChI=1S/C19H19IO5/c1-4-10-13-16-11(5-8(2)7-23-16)17-14(12(21)6-9(3)24-17)18(13)25-19(22)15(10)20/h5,9,19,22H,4,6-7H2,1-3H3. The Balaban J connectivity index is 2.11. The van der Waals surface area contributed by atoms with Crippen molar-refractivity contribution in [2.24, 2.45) is 0 Å². The van der Waals surface area contributed by atoms with Gasteiger partial charge < -0.3 is 19.3 Å². The van der Waals surface area contributed by atoms with E-state index in [0.29, 0.717) is 42.3 Å². The van der Waals surface area contributed by atoms with Gasteiger partial charge in [0.1, 0.15) is 35.5 Å². The minimum absolute atomic E-state index is 0.0241. The highest BCUT2D eigenvalue weighted by molar-refractivity contribution is 14.1. The van der Waals surface area contributed by atoms with Gasteiger partial charge in [-0.2, -0.15) is 0 Å². The van der Waals surface area contributed by atoms with Crippen LogP contribution in [0.5, 0.6) is 17.2 Å². The molecule has 3 heterocycles. The Morgan fingerprint density at radius 2 is 2.00 bits per heavy atom. The largest absolute Gasteiger partial charge is 0.489 e. The molecule has 0 aliphatic carbocycles. The highest BCUT2D eigenvalue weighted by Gasteiger charge is 2.40. The number of fused-ring (bicyclic) bond motifs is 6. The average molecular weight is 454 g/mol. The maximum atomic E-state index is 12.8. The highest BCUT2D eigenvalue weighted by Crippen LogP contribution is 2.54. The number of hydrogen-bond acceptors (Lipinski definition) is 5. The van der Waals surface area contributed by atoms with E-state index in [2.05, 4.69) is 22.6 Å². The SMILES string of the molecule is CCC1=C(I)C(O)Oc2c3c(c4c(c21)OCC(C)=C4)OC(C)CC3=O. The highest BCUT2D eigenvalue weighted by atomic mass is 127. The third-order valence-electron chi connectivity index (χ3n) is 4.69. The summed E-state index contributed by atoms with van der Waals surface area (Å²) in [4.78, 5) is 12.8. The first kappa shape index (κ1) is 16.9. The fraction of sp³-hybridized carbons (Fsp3) is 0.421. The molecular weight excluding hydrogens is 435 g/mol. The third-order valence-corrected chi connectivity index (χ3v) is 5.88. The first-order chi connectivity index (χ1) is 11.9. The second-order valence-electron chi connectivity index (χ2n) is 6.64. The predicted molar refractivity (Wildman–Crippen MR) is 102 cm³/mol. The number of hydrogen-bond donors (Lipinski definition) is 1. The van der Waals surface area contributed by atoms with E-state index >= 15 is 0 Å². The van der Waals surface area contributed by atoms with E-state index in [-0.39, 0.29) is 11.9 Å². The van der Waals surface area contributed by atoms with Gasteiger partial charge >= 0.3 is 0 Å². The van der Waals surface area contributed by atoms with Gasteiger partial charge in [-0.25, -0.2) is 0 Å². The van der Waals surface area contributed by atoms with Crippen molar-refractivity contribution in [3.05, 3.63) is 25.8 Å². The van der Waals surface area contributed by atoms with E-state index in [0.717, 1.165) is 25.9 Å². The van der Waals surface area contributed by atoms with Gasteiger partial charge in [0.2, 0.25) is 6.29 Å². The zero-order valence-electron chi connectivity index (χ0n) is 14.3. The van der Waals surface area contributed by atoms with Gasteiger partial charge in [-0.05, 0) is 60.1 Å². The Morgan fingerprint density at radius 1 is 1.24 bits per heavy atom. The van der Waals surface area contributed by atoms with Gasteiger partial charge in [0.25, 0.3) is 0 Å². The molecule has 0 saturated carbocycles. The first-order valence-corrected chi connectivity index (χ1v) is 9.47. The molecule has 0 amide bonds. The zero-order chi connectivity index (χ0) is 17.9. The zero-order valence-corrected chi connectivity index (χ0v) is 16.5. The van der Waals surface area contributed by atoms with E-state index in [1.165, 1.54) is 0 Å². The van der Waals surface area contributed by atoms with Crippen molar-refractivity contribution >= 4 is 40.0 Å². The minimum Gasteiger partial charge on any atom is -0.489 e. The molecule has 6 heteroatoms. The van der Waals surface area contributed by atoms with E-state index < -0.39 is 6.29 Å². The van der Waals surface area contributed by atoms with E-state index in [1.807, 2.05) is 26.8 Å². The van der Waals surface area contributed by atoms with E-state index in [9.17, 15) is 9.90 Å². The Morgan fingerprint density at radius 3 is 2.72 bits per heavy atom. The molecule has 4 rings (SSSR count). The molecule has 2 atom stereocenters. The normalized spacial score (nSPS) is 24.4. The third kappa shape index (κ3) is 2.49. The quantitative estimate of drug-likeness (QED) is 0.648. The average Bonchev–Trinajstić information content (AvgIpc) is 2.56. The molecule has 5 nitrogen and oxygen atoms in total. The lowest BCUT2D eigenvalue weighted by atomic mass is 9.87. The van der Waals surface area contributed by atoms with Gasteiger partial charge in [-0.15, -0.1) is 0 Å². The number of carbonyl (C=O) groups is 1. The number of aliphatic hydroxyl groups excluding tert-OH is 1. The summed E-state index contributed by atoms with van der Waals surface area (Å²) in [5.41, 5.74) is 4.02. The number of Topliss-reactive ketones (excluding diaryl/α,β-unsaturated/α-hetero) is 1. The molecule has 0 saturated heterocycles. The summed E-state index contributed by atoms with van der Waals surface area (Å²) < 4.78 is 18.5. The van der Waals surface area contributed by atoms with Crippen molar-refractivity contribution in [2.75, 3.05) is 6.61 Å². The Kier molecular flexibility index (Phi) is 4.07. The molecule has 3 aliphatic heterocycles. The molecule has 0 radical (unpaired) electrons. The van der Waals surface area contributed by atoms with Crippen molar-refractivity contribution < 1.29 is 24.1 Å². The lowest BCUT2D eigenvalue weighted by molar-refractivity contribution is 0.0189. The molecule has 2 unspecified atom stereocenters. The van der Waals surface area contributed by atoms with Crippen LogP contribution in [0.4, 0.5) is 0 Å². The summed E-state index contributed by atoms with van der Waals surface area (Å²) in [6.07, 6.45) is 1.75. The van der Waals surface area contributed by atoms with E-state index in [4.69, 9.17) is 14.2 Å². The fourth-order valence-corrected chi connectivity index (χ4v) is 4.39. The summed E-state index contributed by atoms with van der Waals surface area (Å²) in [6, 6.07) is 0. The number of ether oxygens (including phenoxy) is 3. The van der Waals surface area contributed by atoms with Crippen LogP contribution < -0.4 is 14.2 Å². The van der Waals surface area contributed by atoms with Crippen LogP contribution in [-0.2, 0) is 0 Å². The molecule has 25 heavy (non-hydrogen) atoms. The molecule has 3 aliphatic rings. The molecular formula is C19H19IO5. The monoisotopic (exact) mass is 454 g/mol. The molecule has 0 spiro atoms. The number of allylic oxidation sites excluding steroid dienone is 1. The van der Waals surface area contributed by atoms with Crippen molar-refractivity contribution in [2.45, 2.75) is 46.0 Å². The lowest BCUT2D eigenvalue weighted by Gasteiger charge is -2.34. The number of ketones is 1. The summed E-state index contributed by atoms with van der Waals surface area (Å²) in [6.45, 7) is 6.37. The van der Waals surface area contributed by atoms with Gasteiger partial charge in [0.15, 0.2) is 5.78 Å². The van der Waals surface area contributed by atoms with Crippen molar-refractivity contribution in [3.63, 3.8) is 0 Å². The summed E-state index contributed by atoms with van der Waals surface area (Å²) >= 11 is 2.10. The first-order valence-electron chi connectivity index (χ1n) is 8.39. The number of halogens is 1. The van der Waals surface area contributed by atoms with Crippen LogP contribution in [0.25, 0.3) is 11.6 Å². The lowest BCUT2D eigenvalue weighted by Crippen LogP contribution is -2.30. The predicted octanol–water partition coefficient (Wildman–Crippen LogP) is 4.10. The fourth-order valence-electron chi connectivity index (χ4n) is 3.61. The number of rotatable bonds is 1. The van der Waals surface area contributed by atoms with Crippen LogP contribution in [0.1, 0.15) is 55.1 Å². The molecule has 0 bridgehead atoms. The Bertz CT molecular complexity index is 852. The van der Waals surface area contributed by atoms with Crippen molar-refractivity contribution in [3.8, 4) is 17.2 Å². The van der Waals surface area contributed by atoms with Crippen LogP contribution in [-0.4, -0.2) is 29.9 Å². The second kappa shape index (κ2) is 6.02. The van der Waals surface area contributed by atoms with Crippen LogP contribution >= 0.6 is 22.6 Å². The topological polar surface area (TPSA) is 65.0 Å². The van der Waals surface area contributed by atoms with Crippen LogP contribution in [0.3, 0.4) is 0 Å². The number of carbonyl (C=O) groups excluding carboxylic acids is 1. The van der Waals surface area contributed by atoms with Crippen molar-refractivity contribution in [1.82, 2.24) is 0 Å². The molecule has 1 aromatic rings. The summed E-state index contributed by atoms with van der Waals surface area (Å²) in [7, 11) is 0. The molecule has 132 valence electrons. The summed E-state index contributed by atoms with van der Waals surface area (Å²) in [5.74, 6) is 1.56. The minimum atomic E-state index is -1.07. The summed E-state index contributed by atoms with van der Waals surface area (Å²) in [5, 5.41) is 10.3. The van der Waals surface area contributed by atoms with Gasteiger partial charge in [0, 0.05) is 6.42 Å². The van der Waals surface area contributed by atoms with E-state index in [1.54, 1.807) is 0 Å².